The maximum absolute atomic E-state index is 13.6. The van der Waals surface area contributed by atoms with Gasteiger partial charge < -0.3 is 20.4 Å². The molecule has 11 heteroatoms. The summed E-state index contributed by atoms with van der Waals surface area (Å²) in [6.07, 6.45) is 2.05. The molecule has 5 aromatic rings. The second-order valence-corrected chi connectivity index (χ2v) is 10.0. The van der Waals surface area contributed by atoms with Gasteiger partial charge in [0.25, 0.3) is 0 Å². The summed E-state index contributed by atoms with van der Waals surface area (Å²) in [4.78, 5) is 43.2. The first kappa shape index (κ1) is 26.8. The summed E-state index contributed by atoms with van der Waals surface area (Å²) in [7, 11) is 1.28. The van der Waals surface area contributed by atoms with E-state index in [4.69, 9.17) is 4.74 Å². The number of amides is 2. The first-order chi connectivity index (χ1) is 19.4. The third-order valence-corrected chi connectivity index (χ3v) is 7.17. The van der Waals surface area contributed by atoms with E-state index in [-0.39, 0.29) is 18.7 Å². The number of esters is 1. The Bertz CT molecular complexity index is 1630. The Hall–Kier alpha value is -4.77. The van der Waals surface area contributed by atoms with Crippen molar-refractivity contribution in [3.8, 4) is 17.1 Å². The van der Waals surface area contributed by atoms with Crippen molar-refractivity contribution in [3.05, 3.63) is 88.7 Å². The topological polar surface area (TPSA) is 131 Å². The number of aromatic amines is 1. The van der Waals surface area contributed by atoms with Crippen LogP contribution in [0.15, 0.2) is 77.6 Å². The molecular formula is C29H28N6O4S. The van der Waals surface area contributed by atoms with Crippen LogP contribution in [0.1, 0.15) is 18.1 Å². The molecule has 3 aromatic heterocycles. The van der Waals surface area contributed by atoms with Gasteiger partial charge in [-0.15, -0.1) is 9.90 Å². The molecule has 0 saturated carbocycles. The van der Waals surface area contributed by atoms with Gasteiger partial charge in [0.2, 0.25) is 11.8 Å². The van der Waals surface area contributed by atoms with Gasteiger partial charge in [-0.2, -0.15) is 16.4 Å². The molecule has 0 radical (unpaired) electrons. The van der Waals surface area contributed by atoms with E-state index in [1.807, 2.05) is 71.4 Å². The van der Waals surface area contributed by atoms with Crippen LogP contribution in [0.5, 0.6) is 0 Å². The quantitative estimate of drug-likeness (QED) is 0.226. The number of thiophene rings is 1. The summed E-state index contributed by atoms with van der Waals surface area (Å²) >= 11 is 1.57. The van der Waals surface area contributed by atoms with Crippen molar-refractivity contribution in [1.82, 2.24) is 30.6 Å². The average molecular weight is 557 g/mol. The lowest BCUT2D eigenvalue weighted by molar-refractivity contribution is -0.145. The maximum Gasteiger partial charge on any atom is 0.328 e. The van der Waals surface area contributed by atoms with Crippen LogP contribution in [0.25, 0.3) is 28.0 Å². The number of carbonyl (C=O) groups excluding carboxylic acids is 3. The fraction of sp³-hybridized carbons (Fsp3) is 0.207. The zero-order valence-corrected chi connectivity index (χ0v) is 22.8. The van der Waals surface area contributed by atoms with Crippen LogP contribution in [-0.2, 0) is 32.0 Å². The number of benzene rings is 2. The lowest BCUT2D eigenvalue weighted by Gasteiger charge is -2.22. The Morgan fingerprint density at radius 2 is 1.77 bits per heavy atom. The predicted molar refractivity (Wildman–Crippen MR) is 152 cm³/mol. The Kier molecular flexibility index (Phi) is 8.02. The second-order valence-electron chi connectivity index (χ2n) is 9.26. The zero-order valence-electron chi connectivity index (χ0n) is 22.0. The largest absolute Gasteiger partial charge is 0.467 e. The van der Waals surface area contributed by atoms with Gasteiger partial charge in [0, 0.05) is 47.2 Å². The Morgan fingerprint density at radius 1 is 1.00 bits per heavy atom. The van der Waals surface area contributed by atoms with E-state index in [0.717, 1.165) is 27.6 Å². The Labute approximate surface area is 234 Å². The van der Waals surface area contributed by atoms with Crippen molar-refractivity contribution >= 4 is 40.0 Å². The lowest BCUT2D eigenvalue weighted by atomic mass is 10.0. The Balaban J connectivity index is 1.47. The number of fused-ring (bicyclic) bond motifs is 1. The highest BCUT2D eigenvalue weighted by Gasteiger charge is 2.29. The maximum atomic E-state index is 13.6. The summed E-state index contributed by atoms with van der Waals surface area (Å²) in [5.74, 6) is -0.880. The first-order valence-electron chi connectivity index (χ1n) is 12.7. The van der Waals surface area contributed by atoms with Crippen LogP contribution in [-0.4, -0.2) is 57.0 Å². The first-order valence-corrected chi connectivity index (χ1v) is 13.6. The van der Waals surface area contributed by atoms with Gasteiger partial charge in [-0.1, -0.05) is 48.5 Å². The minimum atomic E-state index is -0.981. The number of aromatic nitrogens is 4. The van der Waals surface area contributed by atoms with Crippen molar-refractivity contribution in [1.29, 1.82) is 0 Å². The van der Waals surface area contributed by atoms with Crippen molar-refractivity contribution < 1.29 is 19.1 Å². The van der Waals surface area contributed by atoms with Crippen molar-refractivity contribution in [2.45, 2.75) is 31.8 Å². The van der Waals surface area contributed by atoms with Crippen LogP contribution in [0.3, 0.4) is 0 Å². The molecule has 3 heterocycles. The van der Waals surface area contributed by atoms with Gasteiger partial charge in [-0.25, -0.2) is 4.79 Å². The number of rotatable bonds is 10. The number of para-hydroxylation sites is 1. The van der Waals surface area contributed by atoms with E-state index in [2.05, 4.69) is 25.8 Å². The molecule has 0 aliphatic rings. The smallest absolute Gasteiger partial charge is 0.328 e. The number of hydrogen-bond donors (Lipinski definition) is 3. The fourth-order valence-electron chi connectivity index (χ4n) is 4.59. The molecule has 5 rings (SSSR count). The monoisotopic (exact) mass is 556 g/mol. The number of ether oxygens (including phenoxy) is 1. The molecule has 2 aromatic carbocycles. The minimum absolute atomic E-state index is 0.124. The number of nitrogens with one attached hydrogen (secondary N) is 3. The third-order valence-electron chi connectivity index (χ3n) is 6.49. The number of methoxy groups -OCH3 is 1. The molecule has 204 valence electrons. The SMILES string of the molecule is COC(=O)[C@H](Cc1ccccc1)NC(=O)[C@H](Cc1c(-n2ncc(-c3ccsc3)n2)[nH]c2ccccc12)NC(C)=O. The minimum Gasteiger partial charge on any atom is -0.467 e. The molecule has 0 aliphatic heterocycles. The van der Waals surface area contributed by atoms with E-state index in [1.165, 1.54) is 18.8 Å². The lowest BCUT2D eigenvalue weighted by Crippen LogP contribution is -2.53. The molecule has 2 amide bonds. The van der Waals surface area contributed by atoms with Gasteiger partial charge in [-0.05, 0) is 23.1 Å². The fourth-order valence-corrected chi connectivity index (χ4v) is 5.24. The predicted octanol–water partition coefficient (Wildman–Crippen LogP) is 3.42. The van der Waals surface area contributed by atoms with Crippen molar-refractivity contribution in [2.24, 2.45) is 0 Å². The van der Waals surface area contributed by atoms with Crippen LogP contribution in [0, 0.1) is 0 Å². The van der Waals surface area contributed by atoms with E-state index in [1.54, 1.807) is 17.5 Å². The number of carbonyl (C=O) groups is 3. The van der Waals surface area contributed by atoms with E-state index >= 15 is 0 Å². The summed E-state index contributed by atoms with van der Waals surface area (Å²) in [6.45, 7) is 1.35. The van der Waals surface area contributed by atoms with E-state index < -0.39 is 24.0 Å². The van der Waals surface area contributed by atoms with Gasteiger partial charge in [0.15, 0.2) is 5.82 Å². The van der Waals surface area contributed by atoms with Gasteiger partial charge in [0.05, 0.1) is 13.3 Å². The van der Waals surface area contributed by atoms with Crippen molar-refractivity contribution in [3.63, 3.8) is 0 Å². The molecular weight excluding hydrogens is 528 g/mol. The summed E-state index contributed by atoms with van der Waals surface area (Å²) in [5.41, 5.74) is 4.11. The van der Waals surface area contributed by atoms with E-state index in [9.17, 15) is 14.4 Å². The molecule has 0 spiro atoms. The molecule has 0 unspecified atom stereocenters. The number of H-pyrrole nitrogens is 1. The molecule has 0 saturated heterocycles. The summed E-state index contributed by atoms with van der Waals surface area (Å²) in [5, 5.41) is 19.5. The second kappa shape index (κ2) is 12.0. The molecule has 10 nitrogen and oxygen atoms in total. The van der Waals surface area contributed by atoms with Crippen LogP contribution in [0.4, 0.5) is 0 Å². The highest BCUT2D eigenvalue weighted by Crippen LogP contribution is 2.27. The highest BCUT2D eigenvalue weighted by atomic mass is 32.1. The van der Waals surface area contributed by atoms with Crippen LogP contribution < -0.4 is 10.6 Å². The molecule has 0 fully saturated rings. The molecule has 0 bridgehead atoms. The number of nitrogens with zero attached hydrogens (tertiary/aromatic N) is 3. The number of hydrogen-bond acceptors (Lipinski definition) is 7. The van der Waals surface area contributed by atoms with Crippen LogP contribution in [0.2, 0.25) is 0 Å². The molecule has 3 N–H and O–H groups in total. The van der Waals surface area contributed by atoms with Crippen molar-refractivity contribution in [2.75, 3.05) is 7.11 Å². The summed E-state index contributed by atoms with van der Waals surface area (Å²) < 4.78 is 4.95. The molecule has 0 aliphatic carbocycles. The zero-order chi connectivity index (χ0) is 28.1. The normalized spacial score (nSPS) is 12.6. The Morgan fingerprint density at radius 3 is 2.50 bits per heavy atom. The van der Waals surface area contributed by atoms with Gasteiger partial charge in [-0.3, -0.25) is 9.59 Å². The van der Waals surface area contributed by atoms with E-state index in [0.29, 0.717) is 11.5 Å². The third kappa shape index (κ3) is 5.94. The van der Waals surface area contributed by atoms with Crippen LogP contribution >= 0.6 is 11.3 Å². The average Bonchev–Trinajstić information content (AvgIpc) is 3.72. The summed E-state index contributed by atoms with van der Waals surface area (Å²) in [6, 6.07) is 17.0. The van der Waals surface area contributed by atoms with Gasteiger partial charge >= 0.3 is 5.97 Å². The van der Waals surface area contributed by atoms with Gasteiger partial charge in [0.1, 0.15) is 17.8 Å². The standard InChI is InChI=1S/C29H28N6O4S/c1-18(36)31-24(28(37)33-25(29(38)39-2)14-19-8-4-3-5-9-19)15-22-21-10-6-7-11-23(21)32-27(22)35-30-16-26(34-35)20-12-13-40-17-20/h3-13,16-17,24-25,32H,14-15H2,1-2H3,(H,31,36)(H,33,37)/t24-,25-/m0/s1. The molecule has 40 heavy (non-hydrogen) atoms. The molecule has 2 atom stereocenters. The highest BCUT2D eigenvalue weighted by molar-refractivity contribution is 7.08.